The van der Waals surface area contributed by atoms with E-state index in [2.05, 4.69) is 5.32 Å². The van der Waals surface area contributed by atoms with E-state index < -0.39 is 15.9 Å². The van der Waals surface area contributed by atoms with Crippen LogP contribution in [-0.4, -0.2) is 41.1 Å². The molecule has 134 valence electrons. The van der Waals surface area contributed by atoms with E-state index >= 15 is 0 Å². The second kappa shape index (κ2) is 8.84. The van der Waals surface area contributed by atoms with Gasteiger partial charge in [-0.3, -0.25) is 9.10 Å². The molecule has 0 aliphatic heterocycles. The number of benzene rings is 2. The lowest BCUT2D eigenvalue weighted by atomic mass is 10.3. The number of ether oxygens (including phenoxy) is 1. The van der Waals surface area contributed by atoms with Crippen LogP contribution in [0.5, 0.6) is 0 Å². The van der Waals surface area contributed by atoms with E-state index in [4.69, 9.17) is 16.3 Å². The maximum absolute atomic E-state index is 13.0. The van der Waals surface area contributed by atoms with E-state index in [9.17, 15) is 13.2 Å². The third kappa shape index (κ3) is 4.94. The van der Waals surface area contributed by atoms with Gasteiger partial charge in [0.15, 0.2) is 0 Å². The van der Waals surface area contributed by atoms with E-state index in [-0.39, 0.29) is 28.7 Å². The maximum atomic E-state index is 13.0. The Kier molecular flexibility index (Phi) is 6.81. The molecule has 6 nitrogen and oxygen atoms in total. The lowest BCUT2D eigenvalue weighted by molar-refractivity contribution is -0.119. The van der Waals surface area contributed by atoms with Gasteiger partial charge in [0.25, 0.3) is 10.0 Å². The van der Waals surface area contributed by atoms with Crippen molar-refractivity contribution < 1.29 is 17.9 Å². The Labute approximate surface area is 152 Å². The molecule has 2 rings (SSSR count). The van der Waals surface area contributed by atoms with Crippen LogP contribution in [0.25, 0.3) is 0 Å². The minimum Gasteiger partial charge on any atom is -0.383 e. The van der Waals surface area contributed by atoms with Gasteiger partial charge in [-0.05, 0) is 24.3 Å². The molecular weight excluding hydrogens is 364 g/mol. The van der Waals surface area contributed by atoms with Crippen LogP contribution in [0.1, 0.15) is 0 Å². The number of para-hydroxylation sites is 1. The number of methoxy groups -OCH3 is 1. The largest absolute Gasteiger partial charge is 0.383 e. The number of carbonyl (C=O) groups excluding carboxylic acids is 1. The van der Waals surface area contributed by atoms with Crippen molar-refractivity contribution >= 4 is 33.2 Å². The number of hydrogen-bond acceptors (Lipinski definition) is 4. The minimum absolute atomic E-state index is 0.0830. The number of amides is 1. The number of rotatable bonds is 8. The van der Waals surface area contributed by atoms with Crippen molar-refractivity contribution in [3.63, 3.8) is 0 Å². The molecule has 2 aromatic carbocycles. The average Bonchev–Trinajstić information content (AvgIpc) is 2.61. The fourth-order valence-electron chi connectivity index (χ4n) is 2.15. The zero-order valence-electron chi connectivity index (χ0n) is 13.7. The van der Waals surface area contributed by atoms with Gasteiger partial charge in [-0.2, -0.15) is 0 Å². The number of halogens is 1. The highest BCUT2D eigenvalue weighted by Gasteiger charge is 2.28. The SMILES string of the molecule is COCCNC(=O)CN(c1ccccc1Cl)S(=O)(=O)c1ccccc1. The first-order valence-corrected chi connectivity index (χ1v) is 9.36. The van der Waals surface area contributed by atoms with Crippen LogP contribution in [0, 0.1) is 0 Å². The summed E-state index contributed by atoms with van der Waals surface area (Å²) < 4.78 is 31.9. The minimum atomic E-state index is -3.95. The summed E-state index contributed by atoms with van der Waals surface area (Å²) in [6.45, 7) is 0.241. The molecule has 0 aliphatic carbocycles. The highest BCUT2D eigenvalue weighted by atomic mass is 35.5. The number of hydrogen-bond donors (Lipinski definition) is 1. The maximum Gasteiger partial charge on any atom is 0.264 e. The Bertz CT molecular complexity index is 812. The molecule has 0 unspecified atom stereocenters. The van der Waals surface area contributed by atoms with Crippen LogP contribution in [0.15, 0.2) is 59.5 Å². The zero-order valence-corrected chi connectivity index (χ0v) is 15.3. The average molecular weight is 383 g/mol. The van der Waals surface area contributed by atoms with Crippen molar-refractivity contribution in [3.8, 4) is 0 Å². The van der Waals surface area contributed by atoms with Crippen molar-refractivity contribution in [2.75, 3.05) is 31.1 Å². The Balaban J connectivity index is 2.36. The smallest absolute Gasteiger partial charge is 0.264 e. The van der Waals surface area contributed by atoms with Crippen LogP contribution < -0.4 is 9.62 Å². The second-order valence-electron chi connectivity index (χ2n) is 5.12. The molecule has 0 atom stereocenters. The second-order valence-corrected chi connectivity index (χ2v) is 7.39. The van der Waals surface area contributed by atoms with Gasteiger partial charge in [-0.1, -0.05) is 41.9 Å². The number of anilines is 1. The first-order chi connectivity index (χ1) is 12.0. The predicted octanol–water partition coefficient (Wildman–Crippen LogP) is 2.30. The molecule has 1 N–H and O–H groups in total. The molecule has 0 bridgehead atoms. The summed E-state index contributed by atoms with van der Waals surface area (Å²) in [5.41, 5.74) is 0.245. The van der Waals surface area contributed by atoms with Gasteiger partial charge in [0, 0.05) is 13.7 Å². The molecule has 25 heavy (non-hydrogen) atoms. The fourth-order valence-corrected chi connectivity index (χ4v) is 3.90. The molecule has 0 heterocycles. The van der Waals surface area contributed by atoms with Crippen LogP contribution in [0.3, 0.4) is 0 Å². The third-order valence-electron chi connectivity index (χ3n) is 3.37. The van der Waals surface area contributed by atoms with Crippen LogP contribution in [0.4, 0.5) is 5.69 Å². The monoisotopic (exact) mass is 382 g/mol. The first kappa shape index (κ1) is 19.2. The summed E-state index contributed by atoms with van der Waals surface area (Å²) in [6.07, 6.45) is 0. The van der Waals surface area contributed by atoms with Crippen molar-refractivity contribution in [2.24, 2.45) is 0 Å². The van der Waals surface area contributed by atoms with Crippen molar-refractivity contribution in [1.82, 2.24) is 5.32 Å². The molecule has 0 aliphatic rings. The summed E-state index contributed by atoms with van der Waals surface area (Å²) in [5.74, 6) is -0.448. The van der Waals surface area contributed by atoms with Gasteiger partial charge < -0.3 is 10.1 Å². The third-order valence-corrected chi connectivity index (χ3v) is 5.46. The van der Waals surface area contributed by atoms with E-state index in [1.165, 1.54) is 19.2 Å². The fraction of sp³-hybridized carbons (Fsp3) is 0.235. The van der Waals surface area contributed by atoms with E-state index in [0.29, 0.717) is 6.61 Å². The van der Waals surface area contributed by atoms with Crippen LogP contribution in [0.2, 0.25) is 5.02 Å². The van der Waals surface area contributed by atoms with Gasteiger partial charge in [0.2, 0.25) is 5.91 Å². The van der Waals surface area contributed by atoms with Gasteiger partial charge in [-0.15, -0.1) is 0 Å². The van der Waals surface area contributed by atoms with Crippen LogP contribution >= 0.6 is 11.6 Å². The molecule has 8 heteroatoms. The summed E-state index contributed by atoms with van der Waals surface area (Å²) in [5, 5.41) is 2.86. The molecule has 0 saturated carbocycles. The molecule has 2 aromatic rings. The summed E-state index contributed by atoms with van der Waals surface area (Å²) in [4.78, 5) is 12.3. The molecule has 0 saturated heterocycles. The Morgan fingerprint density at radius 3 is 2.40 bits per heavy atom. The number of nitrogens with zero attached hydrogens (tertiary/aromatic N) is 1. The molecule has 0 fully saturated rings. The lowest BCUT2D eigenvalue weighted by Gasteiger charge is -2.25. The summed E-state index contributed by atoms with van der Waals surface area (Å²) in [6, 6.07) is 14.4. The van der Waals surface area contributed by atoms with Gasteiger partial charge >= 0.3 is 0 Å². The zero-order chi connectivity index (χ0) is 18.3. The predicted molar refractivity (Wildman–Crippen MR) is 97.3 cm³/mol. The first-order valence-electron chi connectivity index (χ1n) is 7.55. The Morgan fingerprint density at radius 2 is 1.76 bits per heavy atom. The Morgan fingerprint density at radius 1 is 1.12 bits per heavy atom. The quantitative estimate of drug-likeness (QED) is 0.711. The highest BCUT2D eigenvalue weighted by Crippen LogP contribution is 2.30. The van der Waals surface area contributed by atoms with E-state index in [1.807, 2.05) is 0 Å². The molecule has 0 spiro atoms. The number of sulfonamides is 1. The standard InChI is InChI=1S/C17H19ClN2O4S/c1-24-12-11-19-17(21)13-20(16-10-6-5-9-15(16)18)25(22,23)14-7-3-2-4-8-14/h2-10H,11-13H2,1H3,(H,19,21). The Hall–Kier alpha value is -2.09. The lowest BCUT2D eigenvalue weighted by Crippen LogP contribution is -2.41. The van der Waals surface area contributed by atoms with Gasteiger partial charge in [0.05, 0.1) is 22.2 Å². The number of nitrogens with one attached hydrogen (secondary N) is 1. The summed E-state index contributed by atoms with van der Waals surface area (Å²) in [7, 11) is -2.43. The van der Waals surface area contributed by atoms with Gasteiger partial charge in [-0.25, -0.2) is 8.42 Å². The van der Waals surface area contributed by atoms with Gasteiger partial charge in [0.1, 0.15) is 6.54 Å². The highest BCUT2D eigenvalue weighted by molar-refractivity contribution is 7.92. The van der Waals surface area contributed by atoms with Crippen LogP contribution in [-0.2, 0) is 19.6 Å². The molecule has 0 radical (unpaired) electrons. The molecular formula is C17H19ClN2O4S. The molecule has 1 amide bonds. The van der Waals surface area contributed by atoms with E-state index in [1.54, 1.807) is 42.5 Å². The number of carbonyl (C=O) groups is 1. The van der Waals surface area contributed by atoms with Crippen molar-refractivity contribution in [2.45, 2.75) is 4.90 Å². The normalized spacial score (nSPS) is 11.1. The van der Waals surface area contributed by atoms with E-state index in [0.717, 1.165) is 4.31 Å². The topological polar surface area (TPSA) is 75.7 Å². The molecule has 0 aromatic heterocycles. The van der Waals surface area contributed by atoms with Crippen molar-refractivity contribution in [1.29, 1.82) is 0 Å². The van der Waals surface area contributed by atoms with Crippen molar-refractivity contribution in [3.05, 3.63) is 59.6 Å². The summed E-state index contributed by atoms with van der Waals surface area (Å²) >= 11 is 6.16.